The van der Waals surface area contributed by atoms with E-state index in [0.29, 0.717) is 12.3 Å². The van der Waals surface area contributed by atoms with Crippen molar-refractivity contribution < 1.29 is 5.11 Å². The molecule has 1 saturated carbocycles. The fraction of sp³-hybridized carbons (Fsp3) is 0.625. The minimum Gasteiger partial charge on any atom is -0.506 e. The highest BCUT2D eigenvalue weighted by molar-refractivity contribution is 9.10. The minimum absolute atomic E-state index is 0.00245. The zero-order valence-corrected chi connectivity index (χ0v) is 12.9. The van der Waals surface area contributed by atoms with Crippen molar-refractivity contribution in [2.24, 2.45) is 5.73 Å². The Bertz CT molecular complexity index is 492. The fourth-order valence-electron chi connectivity index (χ4n) is 3.90. The smallest absolute Gasteiger partial charge is 0.133 e. The van der Waals surface area contributed by atoms with Crippen molar-refractivity contribution in [3.05, 3.63) is 27.2 Å². The van der Waals surface area contributed by atoms with Gasteiger partial charge >= 0.3 is 0 Å². The molecule has 104 valence electrons. The van der Waals surface area contributed by atoms with Crippen LogP contribution in [0.3, 0.4) is 0 Å². The Labute approximate surface area is 123 Å². The van der Waals surface area contributed by atoms with Crippen molar-refractivity contribution in [2.45, 2.75) is 56.8 Å². The summed E-state index contributed by atoms with van der Waals surface area (Å²) in [5, 5.41) is 10.6. The maximum atomic E-state index is 10.6. The van der Waals surface area contributed by atoms with E-state index < -0.39 is 0 Å². The zero-order valence-electron chi connectivity index (χ0n) is 11.3. The van der Waals surface area contributed by atoms with Crippen LogP contribution in [0, 0.1) is 0 Å². The summed E-state index contributed by atoms with van der Waals surface area (Å²) >= 11 is 3.61. The van der Waals surface area contributed by atoms with Gasteiger partial charge in [0.15, 0.2) is 0 Å². The summed E-state index contributed by atoms with van der Waals surface area (Å²) in [5.74, 6) is 0.452. The second kappa shape index (κ2) is 5.10. The van der Waals surface area contributed by atoms with Crippen molar-refractivity contribution in [2.75, 3.05) is 6.54 Å². The summed E-state index contributed by atoms with van der Waals surface area (Å²) in [5.41, 5.74) is 9.93. The predicted octanol–water partition coefficient (Wildman–Crippen LogP) is 3.80. The molecule has 1 aromatic rings. The molecule has 0 saturated heterocycles. The third kappa shape index (κ3) is 2.11. The van der Waals surface area contributed by atoms with Crippen LogP contribution in [0.1, 0.15) is 55.2 Å². The van der Waals surface area contributed by atoms with Crippen molar-refractivity contribution in [3.8, 4) is 5.75 Å². The van der Waals surface area contributed by atoms with Crippen LogP contribution >= 0.6 is 15.9 Å². The number of benzene rings is 1. The molecule has 3 heteroatoms. The average molecular weight is 324 g/mol. The molecule has 1 fully saturated rings. The van der Waals surface area contributed by atoms with E-state index in [1.54, 1.807) is 0 Å². The average Bonchev–Trinajstić information content (AvgIpc) is 2.92. The maximum Gasteiger partial charge on any atom is 0.133 e. The van der Waals surface area contributed by atoms with Gasteiger partial charge in [-0.3, -0.25) is 0 Å². The molecule has 0 aromatic heterocycles. The molecule has 0 heterocycles. The molecule has 0 unspecified atom stereocenters. The molecule has 2 nitrogen and oxygen atoms in total. The second-order valence-corrected chi connectivity index (χ2v) is 6.92. The fourth-order valence-corrected chi connectivity index (χ4v) is 4.56. The van der Waals surface area contributed by atoms with E-state index >= 15 is 0 Å². The predicted molar refractivity (Wildman–Crippen MR) is 81.6 cm³/mol. The Balaban J connectivity index is 2.11. The Morgan fingerprint density at radius 1 is 1.16 bits per heavy atom. The Hall–Kier alpha value is -0.540. The third-order valence-electron chi connectivity index (χ3n) is 5.08. The lowest BCUT2D eigenvalue weighted by Gasteiger charge is -2.37. The number of rotatable bonds is 2. The van der Waals surface area contributed by atoms with Gasteiger partial charge in [0.2, 0.25) is 0 Å². The molecule has 3 rings (SSSR count). The molecule has 0 radical (unpaired) electrons. The number of nitrogens with two attached hydrogens (primary N) is 1. The number of fused-ring (bicyclic) bond motifs is 1. The lowest BCUT2D eigenvalue weighted by Crippen LogP contribution is -2.37. The Kier molecular flexibility index (Phi) is 3.61. The van der Waals surface area contributed by atoms with E-state index in [2.05, 4.69) is 22.0 Å². The van der Waals surface area contributed by atoms with Gasteiger partial charge in [-0.25, -0.2) is 0 Å². The standard InChI is InChI=1S/C16H22BrNO/c17-14-12-6-4-5-11(12)9-13(15(14)19)16(10-18)7-2-1-3-8-16/h9,19H,1-8,10,18H2. The topological polar surface area (TPSA) is 46.2 Å². The number of hydrogen-bond acceptors (Lipinski definition) is 2. The first-order chi connectivity index (χ1) is 9.18. The summed E-state index contributed by atoms with van der Waals surface area (Å²) < 4.78 is 0.927. The van der Waals surface area contributed by atoms with E-state index in [-0.39, 0.29) is 5.41 Å². The van der Waals surface area contributed by atoms with Crippen LogP contribution in [0.5, 0.6) is 5.75 Å². The summed E-state index contributed by atoms with van der Waals surface area (Å²) in [4.78, 5) is 0. The number of phenols is 1. The number of hydrogen-bond donors (Lipinski definition) is 2. The maximum absolute atomic E-state index is 10.6. The number of phenolic OH excluding ortho intramolecular Hbond substituents is 1. The molecule has 0 aliphatic heterocycles. The van der Waals surface area contributed by atoms with Crippen LogP contribution in [-0.4, -0.2) is 11.7 Å². The molecule has 0 spiro atoms. The third-order valence-corrected chi connectivity index (χ3v) is 5.93. The van der Waals surface area contributed by atoms with Gasteiger partial charge in [-0.2, -0.15) is 0 Å². The van der Waals surface area contributed by atoms with Crippen molar-refractivity contribution in [3.63, 3.8) is 0 Å². The van der Waals surface area contributed by atoms with Gasteiger partial charge in [0.05, 0.1) is 4.47 Å². The number of aromatic hydroxyl groups is 1. The normalized spacial score (nSPS) is 21.4. The van der Waals surface area contributed by atoms with Crippen molar-refractivity contribution in [1.29, 1.82) is 0 Å². The van der Waals surface area contributed by atoms with Gasteiger partial charge in [-0.15, -0.1) is 0 Å². The van der Waals surface area contributed by atoms with Crippen LogP contribution in [0.25, 0.3) is 0 Å². The van der Waals surface area contributed by atoms with Crippen molar-refractivity contribution >= 4 is 15.9 Å². The van der Waals surface area contributed by atoms with Gasteiger partial charge in [-0.1, -0.05) is 25.3 Å². The molecule has 2 aliphatic carbocycles. The van der Waals surface area contributed by atoms with E-state index in [0.717, 1.165) is 35.7 Å². The van der Waals surface area contributed by atoms with Gasteiger partial charge in [0, 0.05) is 17.5 Å². The quantitative estimate of drug-likeness (QED) is 0.869. The van der Waals surface area contributed by atoms with Crippen molar-refractivity contribution in [1.82, 2.24) is 0 Å². The summed E-state index contributed by atoms with van der Waals surface area (Å²) in [6, 6.07) is 2.25. The first kappa shape index (κ1) is 13.4. The van der Waals surface area contributed by atoms with Crippen LogP contribution in [0.15, 0.2) is 10.5 Å². The SMILES string of the molecule is NCC1(c2cc3c(c(Br)c2O)CCC3)CCCCC1. The largest absolute Gasteiger partial charge is 0.506 e. The summed E-state index contributed by atoms with van der Waals surface area (Å²) in [7, 11) is 0. The molecule has 0 atom stereocenters. The number of aryl methyl sites for hydroxylation is 1. The van der Waals surface area contributed by atoms with E-state index in [1.807, 2.05) is 0 Å². The molecule has 19 heavy (non-hydrogen) atoms. The van der Waals surface area contributed by atoms with Gasteiger partial charge in [0.25, 0.3) is 0 Å². The highest BCUT2D eigenvalue weighted by Gasteiger charge is 2.36. The van der Waals surface area contributed by atoms with E-state index in [4.69, 9.17) is 5.73 Å². The van der Waals surface area contributed by atoms with E-state index in [1.165, 1.54) is 36.8 Å². The van der Waals surface area contributed by atoms with Crippen LogP contribution < -0.4 is 5.73 Å². The van der Waals surface area contributed by atoms with Crippen LogP contribution in [0.4, 0.5) is 0 Å². The van der Waals surface area contributed by atoms with Gasteiger partial charge in [-0.05, 0) is 59.2 Å². The summed E-state index contributed by atoms with van der Waals surface area (Å²) in [6.45, 7) is 0.645. The van der Waals surface area contributed by atoms with E-state index in [9.17, 15) is 5.11 Å². The van der Waals surface area contributed by atoms with Crippen LogP contribution in [-0.2, 0) is 18.3 Å². The zero-order chi connectivity index (χ0) is 13.5. The molecule has 2 aliphatic rings. The Morgan fingerprint density at radius 2 is 1.89 bits per heavy atom. The molecule has 0 bridgehead atoms. The molecule has 1 aromatic carbocycles. The lowest BCUT2D eigenvalue weighted by molar-refractivity contribution is 0.290. The molecular weight excluding hydrogens is 302 g/mol. The monoisotopic (exact) mass is 323 g/mol. The minimum atomic E-state index is 0.00245. The lowest BCUT2D eigenvalue weighted by atomic mass is 9.68. The first-order valence-corrected chi connectivity index (χ1v) is 8.21. The second-order valence-electron chi connectivity index (χ2n) is 6.12. The molecule has 0 amide bonds. The molecular formula is C16H22BrNO. The van der Waals surface area contributed by atoms with Gasteiger partial charge < -0.3 is 10.8 Å². The highest BCUT2D eigenvalue weighted by Crippen LogP contribution is 2.47. The van der Waals surface area contributed by atoms with Crippen LogP contribution in [0.2, 0.25) is 0 Å². The first-order valence-electron chi connectivity index (χ1n) is 7.42. The molecule has 3 N–H and O–H groups in total. The van der Waals surface area contributed by atoms with Gasteiger partial charge in [0.1, 0.15) is 5.75 Å². The summed E-state index contributed by atoms with van der Waals surface area (Å²) in [6.07, 6.45) is 9.41. The Morgan fingerprint density at radius 3 is 2.58 bits per heavy atom. The number of halogens is 1. The highest BCUT2D eigenvalue weighted by atomic mass is 79.9.